The quantitative estimate of drug-likeness (QED) is 0.472. The van der Waals surface area contributed by atoms with Crippen LogP contribution in [0.15, 0.2) is 69.6 Å². The number of halogens is 2. The number of pyridine rings is 1. The van der Waals surface area contributed by atoms with Crippen LogP contribution in [0.5, 0.6) is 0 Å². The van der Waals surface area contributed by atoms with E-state index in [4.69, 9.17) is 0 Å². The van der Waals surface area contributed by atoms with Crippen molar-refractivity contribution in [2.24, 2.45) is 7.05 Å². The third-order valence-corrected chi connectivity index (χ3v) is 4.92. The average molecular weight is 418 g/mol. The molecule has 1 nitrogen and oxygen atoms in total. The molecule has 0 radical (unpaired) electrons. The van der Waals surface area contributed by atoms with Gasteiger partial charge in [0.25, 0.3) is 0 Å². The van der Waals surface area contributed by atoms with E-state index in [1.165, 1.54) is 28.1 Å². The summed E-state index contributed by atoms with van der Waals surface area (Å²) in [6.45, 7) is 2.14. The summed E-state index contributed by atoms with van der Waals surface area (Å²) in [5.74, 6) is 0. The molecule has 0 saturated carbocycles. The van der Waals surface area contributed by atoms with Crippen molar-refractivity contribution >= 4 is 31.9 Å². The molecule has 0 aliphatic carbocycles. The summed E-state index contributed by atoms with van der Waals surface area (Å²) in [6, 6.07) is 21.4. The van der Waals surface area contributed by atoms with Crippen molar-refractivity contribution < 1.29 is 4.57 Å². The second-order valence-electron chi connectivity index (χ2n) is 5.34. The van der Waals surface area contributed by atoms with Crippen molar-refractivity contribution in [3.8, 4) is 22.4 Å². The minimum atomic E-state index is 1.10. The van der Waals surface area contributed by atoms with Gasteiger partial charge in [-0.05, 0) is 47.5 Å². The van der Waals surface area contributed by atoms with Crippen LogP contribution in [0, 0.1) is 6.92 Å². The number of hydrogen-bond acceptors (Lipinski definition) is 0. The maximum Gasteiger partial charge on any atom is 0.213 e. The van der Waals surface area contributed by atoms with Crippen LogP contribution >= 0.6 is 31.9 Å². The molecule has 0 fully saturated rings. The van der Waals surface area contributed by atoms with Crippen LogP contribution in [0.25, 0.3) is 22.4 Å². The molecule has 3 heteroatoms. The summed E-state index contributed by atoms with van der Waals surface area (Å²) >= 11 is 6.99. The highest BCUT2D eigenvalue weighted by atomic mass is 79.9. The Balaban J connectivity index is 2.14. The van der Waals surface area contributed by atoms with E-state index < -0.39 is 0 Å². The second-order valence-corrected chi connectivity index (χ2v) is 7.17. The lowest BCUT2D eigenvalue weighted by atomic mass is 10.0. The Morgan fingerprint density at radius 3 is 1.73 bits per heavy atom. The number of hydrogen-bond donors (Lipinski definition) is 0. The van der Waals surface area contributed by atoms with Gasteiger partial charge in [-0.2, -0.15) is 4.57 Å². The standard InChI is InChI=1S/C19H16Br2N/c1-13-11-16(14-3-7-17(20)8-4-14)12-19(22(13)2)15-5-9-18(21)10-6-15/h3-12H,1-2H3/q+1. The first-order chi connectivity index (χ1) is 10.5. The number of aromatic nitrogens is 1. The molecular formula is C19H16Br2N+. The van der Waals surface area contributed by atoms with Gasteiger partial charge >= 0.3 is 0 Å². The third kappa shape index (κ3) is 3.16. The maximum absolute atomic E-state index is 3.50. The van der Waals surface area contributed by atoms with Gasteiger partial charge in [0.2, 0.25) is 5.69 Å². The van der Waals surface area contributed by atoms with Crippen molar-refractivity contribution in [3.05, 3.63) is 75.3 Å². The first-order valence-corrected chi connectivity index (χ1v) is 8.66. The Morgan fingerprint density at radius 1 is 0.682 bits per heavy atom. The van der Waals surface area contributed by atoms with E-state index in [0.29, 0.717) is 0 Å². The van der Waals surface area contributed by atoms with Gasteiger partial charge in [0, 0.05) is 33.6 Å². The van der Waals surface area contributed by atoms with Crippen LogP contribution < -0.4 is 4.57 Å². The Bertz CT molecular complexity index is 806. The normalized spacial score (nSPS) is 10.7. The largest absolute Gasteiger partial charge is 0.213 e. The molecule has 3 rings (SSSR count). The van der Waals surface area contributed by atoms with Gasteiger partial charge in [-0.25, -0.2) is 0 Å². The lowest BCUT2D eigenvalue weighted by Crippen LogP contribution is -2.34. The van der Waals surface area contributed by atoms with Crippen LogP contribution in [0.1, 0.15) is 5.69 Å². The zero-order chi connectivity index (χ0) is 15.7. The predicted molar refractivity (Wildman–Crippen MR) is 98.6 cm³/mol. The summed E-state index contributed by atoms with van der Waals surface area (Å²) in [5.41, 5.74) is 6.13. The molecule has 0 bridgehead atoms. The van der Waals surface area contributed by atoms with Crippen LogP contribution in [0.3, 0.4) is 0 Å². The highest BCUT2D eigenvalue weighted by molar-refractivity contribution is 9.10. The number of benzene rings is 2. The Labute approximate surface area is 147 Å². The van der Waals surface area contributed by atoms with Crippen molar-refractivity contribution in [2.45, 2.75) is 6.92 Å². The molecule has 0 aliphatic rings. The highest BCUT2D eigenvalue weighted by Crippen LogP contribution is 2.26. The van der Waals surface area contributed by atoms with Crippen molar-refractivity contribution in [1.82, 2.24) is 0 Å². The van der Waals surface area contributed by atoms with E-state index >= 15 is 0 Å². The lowest BCUT2D eigenvalue weighted by Gasteiger charge is -2.08. The molecule has 3 aromatic rings. The summed E-state index contributed by atoms with van der Waals surface area (Å²) in [7, 11) is 2.11. The SMILES string of the molecule is Cc1cc(-c2ccc(Br)cc2)cc(-c2ccc(Br)cc2)[n+]1C. The second kappa shape index (κ2) is 6.35. The van der Waals surface area contributed by atoms with E-state index in [1.54, 1.807) is 0 Å². The third-order valence-electron chi connectivity index (χ3n) is 3.86. The van der Waals surface area contributed by atoms with Crippen molar-refractivity contribution in [2.75, 3.05) is 0 Å². The van der Waals surface area contributed by atoms with Crippen LogP contribution in [-0.4, -0.2) is 0 Å². The molecule has 0 amide bonds. The Hall–Kier alpha value is -1.45. The van der Waals surface area contributed by atoms with Gasteiger partial charge < -0.3 is 0 Å². The fraction of sp³-hybridized carbons (Fsp3) is 0.105. The monoisotopic (exact) mass is 416 g/mol. The molecule has 22 heavy (non-hydrogen) atoms. The number of nitrogens with zero attached hydrogens (tertiary/aromatic N) is 1. The van der Waals surface area contributed by atoms with Gasteiger partial charge in [-0.1, -0.05) is 44.0 Å². The average Bonchev–Trinajstić information content (AvgIpc) is 2.52. The maximum atomic E-state index is 3.50. The van der Waals surface area contributed by atoms with Crippen LogP contribution in [0.4, 0.5) is 0 Å². The molecule has 0 spiro atoms. The molecule has 2 aromatic carbocycles. The molecule has 0 aliphatic heterocycles. The van der Waals surface area contributed by atoms with Crippen molar-refractivity contribution in [3.63, 3.8) is 0 Å². The lowest BCUT2D eigenvalue weighted by molar-refractivity contribution is -0.666. The molecule has 1 aromatic heterocycles. The van der Waals surface area contributed by atoms with E-state index in [0.717, 1.165) is 8.95 Å². The molecule has 110 valence electrons. The number of rotatable bonds is 2. The fourth-order valence-electron chi connectivity index (χ4n) is 2.50. The van der Waals surface area contributed by atoms with Gasteiger partial charge in [0.15, 0.2) is 5.69 Å². The minimum absolute atomic E-state index is 1.10. The first kappa shape index (κ1) is 15.4. The smallest absolute Gasteiger partial charge is 0.199 e. The minimum Gasteiger partial charge on any atom is -0.199 e. The predicted octanol–water partition coefficient (Wildman–Crippen LogP) is 5.68. The van der Waals surface area contributed by atoms with E-state index in [1.807, 2.05) is 0 Å². The molecular weight excluding hydrogens is 402 g/mol. The molecule has 0 N–H and O–H groups in total. The van der Waals surface area contributed by atoms with Gasteiger partial charge in [0.05, 0.1) is 0 Å². The van der Waals surface area contributed by atoms with Crippen molar-refractivity contribution in [1.29, 1.82) is 0 Å². The van der Waals surface area contributed by atoms with Crippen LogP contribution in [0.2, 0.25) is 0 Å². The van der Waals surface area contributed by atoms with E-state index in [9.17, 15) is 0 Å². The van der Waals surface area contributed by atoms with Gasteiger partial charge in [-0.15, -0.1) is 0 Å². The Morgan fingerprint density at radius 2 is 1.18 bits per heavy atom. The Kier molecular flexibility index (Phi) is 4.46. The van der Waals surface area contributed by atoms with E-state index in [2.05, 4.69) is 111 Å². The number of aryl methyl sites for hydroxylation is 1. The zero-order valence-electron chi connectivity index (χ0n) is 12.5. The summed E-state index contributed by atoms with van der Waals surface area (Å²) < 4.78 is 4.42. The van der Waals surface area contributed by atoms with Crippen LogP contribution in [-0.2, 0) is 7.05 Å². The van der Waals surface area contributed by atoms with E-state index in [-0.39, 0.29) is 0 Å². The summed E-state index contributed by atoms with van der Waals surface area (Å²) in [4.78, 5) is 0. The summed E-state index contributed by atoms with van der Waals surface area (Å²) in [6.07, 6.45) is 0. The fourth-order valence-corrected chi connectivity index (χ4v) is 3.03. The summed E-state index contributed by atoms with van der Waals surface area (Å²) in [5, 5.41) is 0. The zero-order valence-corrected chi connectivity index (χ0v) is 15.6. The topological polar surface area (TPSA) is 3.88 Å². The van der Waals surface area contributed by atoms with Gasteiger partial charge in [-0.3, -0.25) is 0 Å². The molecule has 0 unspecified atom stereocenters. The highest BCUT2D eigenvalue weighted by Gasteiger charge is 2.15. The first-order valence-electron chi connectivity index (χ1n) is 7.07. The van der Waals surface area contributed by atoms with Gasteiger partial charge in [0.1, 0.15) is 7.05 Å². The molecule has 1 heterocycles. The molecule has 0 saturated heterocycles. The molecule has 0 atom stereocenters.